The molecule has 0 aromatic carbocycles. The normalized spacial score (nSPS) is 10.4. The summed E-state index contributed by atoms with van der Waals surface area (Å²) in [5, 5.41) is 3.95. The van der Waals surface area contributed by atoms with Gasteiger partial charge < -0.3 is 5.73 Å². The first kappa shape index (κ1) is 8.61. The van der Waals surface area contributed by atoms with Gasteiger partial charge in [0.05, 0.1) is 11.8 Å². The Morgan fingerprint density at radius 2 is 2.29 bits per heavy atom. The van der Waals surface area contributed by atoms with Crippen molar-refractivity contribution in [3.63, 3.8) is 0 Å². The summed E-state index contributed by atoms with van der Waals surface area (Å²) < 4.78 is 14.6. The van der Waals surface area contributed by atoms with Crippen molar-refractivity contribution >= 4 is 5.95 Å². The molecule has 2 aromatic rings. The maximum atomic E-state index is 13.2. The zero-order valence-corrected chi connectivity index (χ0v) is 7.48. The zero-order valence-electron chi connectivity index (χ0n) is 7.48. The van der Waals surface area contributed by atoms with Crippen LogP contribution in [0.3, 0.4) is 0 Å². The molecule has 0 aliphatic rings. The molecule has 5 nitrogen and oxygen atoms in total. The van der Waals surface area contributed by atoms with Crippen molar-refractivity contribution in [1.82, 2.24) is 19.7 Å². The summed E-state index contributed by atoms with van der Waals surface area (Å²) in [6.45, 7) is 0. The van der Waals surface area contributed by atoms with Crippen molar-refractivity contribution in [1.29, 1.82) is 0 Å². The Balaban J connectivity index is 2.55. The second kappa shape index (κ2) is 3.06. The van der Waals surface area contributed by atoms with Crippen LogP contribution in [0.5, 0.6) is 0 Å². The van der Waals surface area contributed by atoms with E-state index in [4.69, 9.17) is 5.73 Å². The van der Waals surface area contributed by atoms with Gasteiger partial charge in [-0.25, -0.2) is 9.07 Å². The highest BCUT2D eigenvalue weighted by Gasteiger charge is 2.10. The van der Waals surface area contributed by atoms with Crippen LogP contribution < -0.4 is 5.73 Å². The predicted octanol–water partition coefficient (Wildman–Crippen LogP) is 0.598. The molecule has 0 aliphatic carbocycles. The summed E-state index contributed by atoms with van der Waals surface area (Å²) in [4.78, 5) is 7.53. The lowest BCUT2D eigenvalue weighted by Crippen LogP contribution is -1.97. The van der Waals surface area contributed by atoms with Crippen molar-refractivity contribution in [2.75, 3.05) is 5.73 Å². The van der Waals surface area contributed by atoms with E-state index in [9.17, 15) is 4.39 Å². The third-order valence-electron chi connectivity index (χ3n) is 1.81. The lowest BCUT2D eigenvalue weighted by atomic mass is 10.2. The number of pyridine rings is 1. The molecule has 0 amide bonds. The zero-order chi connectivity index (χ0) is 10.1. The minimum absolute atomic E-state index is 0.246. The average molecular weight is 193 g/mol. The van der Waals surface area contributed by atoms with Crippen LogP contribution >= 0.6 is 0 Å². The minimum Gasteiger partial charge on any atom is -0.368 e. The van der Waals surface area contributed by atoms with Crippen molar-refractivity contribution in [3.05, 3.63) is 24.3 Å². The molecule has 14 heavy (non-hydrogen) atoms. The van der Waals surface area contributed by atoms with Crippen molar-refractivity contribution in [2.45, 2.75) is 0 Å². The number of rotatable bonds is 1. The fourth-order valence-corrected chi connectivity index (χ4v) is 1.07. The first-order valence-corrected chi connectivity index (χ1v) is 3.95. The highest BCUT2D eigenvalue weighted by Crippen LogP contribution is 2.18. The number of nitrogens with two attached hydrogens (primary N) is 1. The minimum atomic E-state index is -0.460. The van der Waals surface area contributed by atoms with Crippen LogP contribution in [0.2, 0.25) is 0 Å². The standard InChI is InChI=1S/C8H8FN5/c1-14-8(10)12-7(13-14)5-2-3-11-4-6(5)9/h2-4H,1H3,(H2,10,12,13). The second-order valence-electron chi connectivity index (χ2n) is 2.77. The summed E-state index contributed by atoms with van der Waals surface area (Å²) >= 11 is 0. The molecular formula is C8H8FN5. The lowest BCUT2D eigenvalue weighted by Gasteiger charge is -1.94. The van der Waals surface area contributed by atoms with E-state index in [0.717, 1.165) is 6.20 Å². The quantitative estimate of drug-likeness (QED) is 0.719. The Labute approximate surface area is 79.4 Å². The van der Waals surface area contributed by atoms with E-state index in [-0.39, 0.29) is 11.8 Å². The fraction of sp³-hybridized carbons (Fsp3) is 0.125. The Hall–Kier alpha value is -1.98. The first-order valence-electron chi connectivity index (χ1n) is 3.95. The van der Waals surface area contributed by atoms with E-state index in [0.29, 0.717) is 5.56 Å². The van der Waals surface area contributed by atoms with E-state index >= 15 is 0 Å². The molecule has 0 fully saturated rings. The molecule has 2 heterocycles. The molecule has 2 N–H and O–H groups in total. The largest absolute Gasteiger partial charge is 0.368 e. The molecule has 0 atom stereocenters. The molecular weight excluding hydrogens is 185 g/mol. The third-order valence-corrected chi connectivity index (χ3v) is 1.81. The van der Waals surface area contributed by atoms with Crippen LogP contribution in [-0.2, 0) is 7.05 Å². The summed E-state index contributed by atoms with van der Waals surface area (Å²) in [7, 11) is 1.64. The summed E-state index contributed by atoms with van der Waals surface area (Å²) in [6.07, 6.45) is 2.59. The van der Waals surface area contributed by atoms with E-state index in [1.165, 1.54) is 16.9 Å². The Bertz CT molecular complexity index is 445. The van der Waals surface area contributed by atoms with Crippen LogP contribution in [0.15, 0.2) is 18.5 Å². The maximum absolute atomic E-state index is 13.2. The average Bonchev–Trinajstić information content (AvgIpc) is 2.48. The maximum Gasteiger partial charge on any atom is 0.218 e. The molecule has 6 heteroatoms. The van der Waals surface area contributed by atoms with Gasteiger partial charge in [0.2, 0.25) is 5.95 Å². The number of hydrogen-bond acceptors (Lipinski definition) is 4. The molecule has 0 bridgehead atoms. The van der Waals surface area contributed by atoms with Gasteiger partial charge in [-0.15, -0.1) is 5.10 Å². The SMILES string of the molecule is Cn1nc(-c2ccncc2F)nc1N. The van der Waals surface area contributed by atoms with Gasteiger partial charge in [-0.05, 0) is 6.07 Å². The first-order chi connectivity index (χ1) is 6.68. The molecule has 0 saturated heterocycles. The van der Waals surface area contributed by atoms with Crippen LogP contribution in [0.4, 0.5) is 10.3 Å². The third kappa shape index (κ3) is 1.30. The van der Waals surface area contributed by atoms with Gasteiger partial charge in [-0.3, -0.25) is 4.98 Å². The highest BCUT2D eigenvalue weighted by atomic mass is 19.1. The van der Waals surface area contributed by atoms with Crippen molar-refractivity contribution < 1.29 is 4.39 Å². The van der Waals surface area contributed by atoms with Gasteiger partial charge >= 0.3 is 0 Å². The Morgan fingerprint density at radius 3 is 2.86 bits per heavy atom. The summed E-state index contributed by atoms with van der Waals surface area (Å²) in [5.74, 6) is 0.0548. The number of aromatic nitrogens is 4. The molecule has 2 rings (SSSR count). The van der Waals surface area contributed by atoms with Gasteiger partial charge in [-0.1, -0.05) is 0 Å². The van der Waals surface area contributed by atoms with Crippen LogP contribution in [-0.4, -0.2) is 19.7 Å². The number of nitrogen functional groups attached to an aromatic ring is 1. The van der Waals surface area contributed by atoms with Gasteiger partial charge in [0, 0.05) is 13.2 Å². The van der Waals surface area contributed by atoms with Crippen LogP contribution in [0.1, 0.15) is 0 Å². The van der Waals surface area contributed by atoms with Gasteiger partial charge in [0.25, 0.3) is 0 Å². The van der Waals surface area contributed by atoms with E-state index < -0.39 is 5.82 Å². The second-order valence-corrected chi connectivity index (χ2v) is 2.77. The van der Waals surface area contributed by atoms with Crippen LogP contribution in [0, 0.1) is 5.82 Å². The molecule has 72 valence electrons. The predicted molar refractivity (Wildman–Crippen MR) is 48.6 cm³/mol. The smallest absolute Gasteiger partial charge is 0.218 e. The van der Waals surface area contributed by atoms with Crippen molar-refractivity contribution in [2.24, 2.45) is 7.05 Å². The number of anilines is 1. The summed E-state index contributed by atoms with van der Waals surface area (Å²) in [5.41, 5.74) is 5.78. The van der Waals surface area contributed by atoms with E-state index in [2.05, 4.69) is 15.1 Å². The molecule has 0 radical (unpaired) electrons. The van der Waals surface area contributed by atoms with Gasteiger partial charge in [0.1, 0.15) is 0 Å². The number of nitrogens with zero attached hydrogens (tertiary/aromatic N) is 4. The van der Waals surface area contributed by atoms with Crippen LogP contribution in [0.25, 0.3) is 11.4 Å². The Morgan fingerprint density at radius 1 is 1.50 bits per heavy atom. The number of aryl methyl sites for hydroxylation is 1. The monoisotopic (exact) mass is 193 g/mol. The Kier molecular flexibility index (Phi) is 1.88. The van der Waals surface area contributed by atoms with E-state index in [1.807, 2.05) is 0 Å². The van der Waals surface area contributed by atoms with Gasteiger partial charge in [0.15, 0.2) is 11.6 Å². The number of halogens is 1. The highest BCUT2D eigenvalue weighted by molar-refractivity contribution is 5.55. The number of hydrogen-bond donors (Lipinski definition) is 1. The fourth-order valence-electron chi connectivity index (χ4n) is 1.07. The molecule has 0 spiro atoms. The molecule has 0 unspecified atom stereocenters. The van der Waals surface area contributed by atoms with Gasteiger partial charge in [-0.2, -0.15) is 4.98 Å². The summed E-state index contributed by atoms with van der Waals surface area (Å²) in [6, 6.07) is 1.50. The van der Waals surface area contributed by atoms with E-state index in [1.54, 1.807) is 7.05 Å². The molecule has 0 saturated carbocycles. The topological polar surface area (TPSA) is 69.6 Å². The lowest BCUT2D eigenvalue weighted by molar-refractivity contribution is 0.623. The molecule has 0 aliphatic heterocycles. The van der Waals surface area contributed by atoms with Crippen molar-refractivity contribution in [3.8, 4) is 11.4 Å². The molecule has 2 aromatic heterocycles.